The summed E-state index contributed by atoms with van der Waals surface area (Å²) >= 11 is 5.79. The van der Waals surface area contributed by atoms with Crippen molar-refractivity contribution in [3.05, 3.63) is 58.9 Å². The predicted molar refractivity (Wildman–Crippen MR) is 81.4 cm³/mol. The zero-order chi connectivity index (χ0) is 15.5. The number of rotatable bonds is 5. The van der Waals surface area contributed by atoms with E-state index in [0.29, 0.717) is 23.6 Å². The lowest BCUT2D eigenvalue weighted by Crippen LogP contribution is -2.15. The van der Waals surface area contributed by atoms with Crippen LogP contribution in [0.2, 0.25) is 5.02 Å². The Hall–Kier alpha value is -1.63. The number of halogens is 2. The van der Waals surface area contributed by atoms with Gasteiger partial charge in [0.05, 0.1) is 5.69 Å². The highest BCUT2D eigenvalue weighted by atomic mass is 35.5. The van der Waals surface area contributed by atoms with Gasteiger partial charge in [0.2, 0.25) is 0 Å². The van der Waals surface area contributed by atoms with Crippen molar-refractivity contribution in [1.82, 2.24) is 0 Å². The van der Waals surface area contributed by atoms with Gasteiger partial charge < -0.3 is 5.73 Å². The second kappa shape index (κ2) is 6.43. The first-order valence-corrected chi connectivity index (χ1v) is 8.05. The van der Waals surface area contributed by atoms with E-state index < -0.39 is 20.7 Å². The molecule has 3 N–H and O–H groups in total. The predicted octanol–water partition coefficient (Wildman–Crippen LogP) is 2.78. The SMILES string of the molecule is NCCc1ccc(F)c(S(=O)(=O)Nc2cccc(Cl)c2)c1. The van der Waals surface area contributed by atoms with Crippen molar-refractivity contribution in [2.75, 3.05) is 11.3 Å². The molecule has 0 aliphatic carbocycles. The first-order chi connectivity index (χ1) is 9.92. The van der Waals surface area contributed by atoms with Crippen LogP contribution in [0.15, 0.2) is 47.4 Å². The van der Waals surface area contributed by atoms with Crippen LogP contribution in [0.4, 0.5) is 10.1 Å². The Kier molecular flexibility index (Phi) is 4.82. The molecule has 0 aliphatic heterocycles. The summed E-state index contributed by atoms with van der Waals surface area (Å²) in [5, 5.41) is 0.382. The lowest BCUT2D eigenvalue weighted by Gasteiger charge is -2.10. The largest absolute Gasteiger partial charge is 0.330 e. The molecule has 0 amide bonds. The summed E-state index contributed by atoms with van der Waals surface area (Å²) in [6.07, 6.45) is 0.472. The van der Waals surface area contributed by atoms with E-state index in [0.717, 1.165) is 6.07 Å². The van der Waals surface area contributed by atoms with Crippen LogP contribution in [0.1, 0.15) is 5.56 Å². The van der Waals surface area contributed by atoms with Crippen LogP contribution in [0.3, 0.4) is 0 Å². The van der Waals surface area contributed by atoms with Crippen LogP contribution in [0.25, 0.3) is 0 Å². The Bertz CT molecular complexity index is 750. The minimum atomic E-state index is -4.03. The minimum absolute atomic E-state index is 0.270. The van der Waals surface area contributed by atoms with Gasteiger partial charge in [-0.05, 0) is 48.9 Å². The van der Waals surface area contributed by atoms with Crippen molar-refractivity contribution >= 4 is 27.3 Å². The Morgan fingerprint density at radius 3 is 2.62 bits per heavy atom. The molecule has 0 aliphatic rings. The lowest BCUT2D eigenvalue weighted by atomic mass is 10.1. The van der Waals surface area contributed by atoms with Crippen LogP contribution in [-0.2, 0) is 16.4 Å². The highest BCUT2D eigenvalue weighted by molar-refractivity contribution is 7.92. The summed E-state index contributed by atoms with van der Waals surface area (Å²) in [5.74, 6) is -0.815. The van der Waals surface area contributed by atoms with Gasteiger partial charge in [-0.15, -0.1) is 0 Å². The zero-order valence-electron chi connectivity index (χ0n) is 11.0. The molecule has 0 bridgehead atoms. The number of hydrogen-bond acceptors (Lipinski definition) is 3. The maximum atomic E-state index is 13.8. The second-order valence-electron chi connectivity index (χ2n) is 4.42. The summed E-state index contributed by atoms with van der Waals surface area (Å²) in [5.41, 5.74) is 6.35. The molecule has 0 aromatic heterocycles. The molecule has 0 saturated carbocycles. The normalized spacial score (nSPS) is 11.4. The number of nitrogens with one attached hydrogen (secondary N) is 1. The van der Waals surface area contributed by atoms with E-state index in [-0.39, 0.29) is 5.69 Å². The van der Waals surface area contributed by atoms with Crippen molar-refractivity contribution < 1.29 is 12.8 Å². The molecular formula is C14H14ClFN2O2S. The summed E-state index contributed by atoms with van der Waals surface area (Å²) in [4.78, 5) is -0.409. The van der Waals surface area contributed by atoms with Gasteiger partial charge in [0.15, 0.2) is 0 Å². The average molecular weight is 329 g/mol. The topological polar surface area (TPSA) is 72.2 Å². The van der Waals surface area contributed by atoms with Crippen LogP contribution >= 0.6 is 11.6 Å². The van der Waals surface area contributed by atoms with E-state index in [1.165, 1.54) is 24.3 Å². The van der Waals surface area contributed by atoms with Crippen LogP contribution in [0, 0.1) is 5.82 Å². The van der Waals surface area contributed by atoms with Crippen molar-refractivity contribution in [2.24, 2.45) is 5.73 Å². The first-order valence-electron chi connectivity index (χ1n) is 6.19. The fourth-order valence-corrected chi connectivity index (χ4v) is 3.21. The van der Waals surface area contributed by atoms with Crippen molar-refractivity contribution in [2.45, 2.75) is 11.3 Å². The Morgan fingerprint density at radius 1 is 1.19 bits per heavy atom. The van der Waals surface area contributed by atoms with Crippen molar-refractivity contribution in [3.63, 3.8) is 0 Å². The van der Waals surface area contributed by atoms with Crippen molar-refractivity contribution in [3.8, 4) is 0 Å². The molecule has 4 nitrogen and oxygen atoms in total. The summed E-state index contributed by atoms with van der Waals surface area (Å²) in [7, 11) is -4.03. The standard InChI is InChI=1S/C14H14ClFN2O2S/c15-11-2-1-3-12(9-11)18-21(19,20)14-8-10(6-7-17)4-5-13(14)16/h1-5,8-9,18H,6-7,17H2. The molecule has 0 unspecified atom stereocenters. The second-order valence-corrected chi connectivity index (χ2v) is 6.51. The molecule has 2 aromatic carbocycles. The molecule has 0 fully saturated rings. The third kappa shape index (κ3) is 3.93. The molecule has 0 saturated heterocycles. The molecule has 0 spiro atoms. The molecule has 0 atom stereocenters. The van der Waals surface area contributed by atoms with Gasteiger partial charge in [-0.2, -0.15) is 0 Å². The molecule has 2 aromatic rings. The smallest absolute Gasteiger partial charge is 0.264 e. The maximum absolute atomic E-state index is 13.8. The number of benzene rings is 2. The Morgan fingerprint density at radius 2 is 1.95 bits per heavy atom. The first kappa shape index (κ1) is 15.8. The third-order valence-electron chi connectivity index (χ3n) is 2.79. The molecule has 0 heterocycles. The minimum Gasteiger partial charge on any atom is -0.330 e. The van der Waals surface area contributed by atoms with Gasteiger partial charge in [-0.3, -0.25) is 4.72 Å². The van der Waals surface area contributed by atoms with Crippen LogP contribution in [-0.4, -0.2) is 15.0 Å². The number of hydrogen-bond donors (Lipinski definition) is 2. The molecule has 0 radical (unpaired) electrons. The van der Waals surface area contributed by atoms with E-state index >= 15 is 0 Å². The summed E-state index contributed by atoms with van der Waals surface area (Å²) in [6, 6.07) is 10.1. The Balaban J connectivity index is 2.37. The third-order valence-corrected chi connectivity index (χ3v) is 4.43. The summed E-state index contributed by atoms with van der Waals surface area (Å²) < 4.78 is 40.6. The molecule has 21 heavy (non-hydrogen) atoms. The van der Waals surface area contributed by atoms with Crippen molar-refractivity contribution in [1.29, 1.82) is 0 Å². The van der Waals surface area contributed by atoms with E-state index in [4.69, 9.17) is 17.3 Å². The van der Waals surface area contributed by atoms with E-state index in [1.807, 2.05) is 0 Å². The monoisotopic (exact) mass is 328 g/mol. The number of nitrogens with two attached hydrogens (primary N) is 1. The molecule has 2 rings (SSSR count). The number of sulfonamides is 1. The highest BCUT2D eigenvalue weighted by Gasteiger charge is 2.19. The number of anilines is 1. The van der Waals surface area contributed by atoms with E-state index in [1.54, 1.807) is 12.1 Å². The van der Waals surface area contributed by atoms with Gasteiger partial charge >= 0.3 is 0 Å². The molecule has 112 valence electrons. The fourth-order valence-electron chi connectivity index (χ4n) is 1.84. The van der Waals surface area contributed by atoms with Gasteiger partial charge in [0, 0.05) is 5.02 Å². The van der Waals surface area contributed by atoms with Crippen LogP contribution in [0.5, 0.6) is 0 Å². The highest BCUT2D eigenvalue weighted by Crippen LogP contribution is 2.22. The van der Waals surface area contributed by atoms with E-state index in [9.17, 15) is 12.8 Å². The molecular weight excluding hydrogens is 315 g/mol. The Labute approximate surface area is 127 Å². The zero-order valence-corrected chi connectivity index (χ0v) is 12.6. The quantitative estimate of drug-likeness (QED) is 0.886. The van der Waals surface area contributed by atoms with Gasteiger partial charge in [-0.25, -0.2) is 12.8 Å². The lowest BCUT2D eigenvalue weighted by molar-refractivity contribution is 0.569. The average Bonchev–Trinajstić information content (AvgIpc) is 2.40. The van der Waals surface area contributed by atoms with E-state index in [2.05, 4.69) is 4.72 Å². The van der Waals surface area contributed by atoms with Gasteiger partial charge in [0.1, 0.15) is 10.7 Å². The van der Waals surface area contributed by atoms with Crippen LogP contribution < -0.4 is 10.5 Å². The van der Waals surface area contributed by atoms with Gasteiger partial charge in [-0.1, -0.05) is 23.7 Å². The van der Waals surface area contributed by atoms with Gasteiger partial charge in [0.25, 0.3) is 10.0 Å². The molecule has 7 heteroatoms. The summed E-state index contributed by atoms with van der Waals surface area (Å²) in [6.45, 7) is 0.354. The maximum Gasteiger partial charge on any atom is 0.264 e. The fraction of sp³-hybridized carbons (Fsp3) is 0.143.